The number of aliphatic hydroxyl groups excluding tert-OH is 1. The maximum atomic E-state index is 10.1. The number of hydrogen-bond donors (Lipinski definition) is 1. The molecule has 0 unspecified atom stereocenters. The van der Waals surface area contributed by atoms with Gasteiger partial charge in [0.25, 0.3) is 0 Å². The van der Waals surface area contributed by atoms with Crippen LogP contribution in [0.3, 0.4) is 0 Å². The molecule has 0 heterocycles. The lowest BCUT2D eigenvalue weighted by molar-refractivity contribution is -0.125. The van der Waals surface area contributed by atoms with Crippen molar-refractivity contribution in [1.29, 1.82) is 10.5 Å². The fraction of sp³-hybridized carbons (Fsp3) is 0.700. The van der Waals surface area contributed by atoms with Crippen LogP contribution in [0.15, 0.2) is 0 Å². The number of nitriles is 2. The Morgan fingerprint density at radius 3 is 1.79 bits per heavy atom. The van der Waals surface area contributed by atoms with Crippen LogP contribution in [-0.2, 0) is 4.79 Å². The number of ketones is 1. The number of aliphatic hydroxyl groups is 1. The molecule has 0 saturated heterocycles. The summed E-state index contributed by atoms with van der Waals surface area (Å²) in [5.74, 6) is 0.425. The van der Waals surface area contributed by atoms with E-state index in [0.717, 1.165) is 0 Å². The minimum absolute atomic E-state index is 0.0486. The van der Waals surface area contributed by atoms with Gasteiger partial charge in [0.1, 0.15) is 5.78 Å². The largest absolute Gasteiger partial charge is 0.393 e. The topological polar surface area (TPSA) is 84.9 Å². The number of rotatable bonds is 0. The van der Waals surface area contributed by atoms with Crippen LogP contribution in [0.25, 0.3) is 0 Å². The van der Waals surface area contributed by atoms with E-state index in [4.69, 9.17) is 15.6 Å². The zero-order chi connectivity index (χ0) is 10.6. The Kier molecular flexibility index (Phi) is 3.62. The predicted molar refractivity (Wildman–Crippen MR) is 47.7 cm³/mol. The van der Waals surface area contributed by atoms with E-state index in [9.17, 15) is 4.79 Å². The van der Waals surface area contributed by atoms with Crippen molar-refractivity contribution >= 4 is 5.78 Å². The molecule has 0 spiro atoms. The van der Waals surface area contributed by atoms with Crippen LogP contribution < -0.4 is 0 Å². The fourth-order valence-electron chi connectivity index (χ4n) is 1.27. The average Bonchev–Trinajstić information content (AvgIpc) is 2.08. The van der Waals surface area contributed by atoms with Crippen molar-refractivity contribution in [1.82, 2.24) is 0 Å². The van der Waals surface area contributed by atoms with E-state index in [1.807, 2.05) is 6.07 Å². The number of carbonyl (C=O) groups is 1. The Morgan fingerprint density at radius 2 is 1.64 bits per heavy atom. The molecule has 0 amide bonds. The van der Waals surface area contributed by atoms with E-state index in [0.29, 0.717) is 25.7 Å². The van der Waals surface area contributed by atoms with Gasteiger partial charge in [-0.2, -0.15) is 10.5 Å². The highest BCUT2D eigenvalue weighted by Crippen LogP contribution is 2.25. The lowest BCUT2D eigenvalue weighted by Crippen LogP contribution is -2.26. The van der Waals surface area contributed by atoms with Crippen LogP contribution in [-0.4, -0.2) is 17.0 Å². The number of Topliss-reactive ketones (excluding diaryl/α,β-unsaturated/α-hetero) is 1. The summed E-state index contributed by atoms with van der Waals surface area (Å²) >= 11 is 0. The monoisotopic (exact) mass is 192 g/mol. The summed E-state index contributed by atoms with van der Waals surface area (Å²) in [6, 6.07) is 4.08. The normalized spacial score (nSPS) is 29.8. The quantitative estimate of drug-likeness (QED) is 0.614. The standard InChI is InChI=1S/C5H7NO.C5H5NO/c2*6-3-4-1-5(7)2-4/h4-5,7H,1-2H2;4H,1-2H2/t4-,5+;. The van der Waals surface area contributed by atoms with E-state index in [1.54, 1.807) is 0 Å². The van der Waals surface area contributed by atoms with Gasteiger partial charge in [0.2, 0.25) is 0 Å². The molecule has 2 fully saturated rings. The van der Waals surface area contributed by atoms with Gasteiger partial charge in [-0.3, -0.25) is 4.79 Å². The van der Waals surface area contributed by atoms with Gasteiger partial charge < -0.3 is 5.11 Å². The number of hydrogen-bond acceptors (Lipinski definition) is 4. The van der Waals surface area contributed by atoms with Crippen molar-refractivity contribution in [2.75, 3.05) is 0 Å². The zero-order valence-corrected chi connectivity index (χ0v) is 7.81. The van der Waals surface area contributed by atoms with Gasteiger partial charge in [-0.25, -0.2) is 0 Å². The van der Waals surface area contributed by atoms with Gasteiger partial charge in [-0.15, -0.1) is 0 Å². The van der Waals surface area contributed by atoms with Gasteiger partial charge in [0, 0.05) is 12.8 Å². The Bertz CT molecular complexity index is 286. The van der Waals surface area contributed by atoms with Crippen molar-refractivity contribution in [2.24, 2.45) is 11.8 Å². The first-order valence-electron chi connectivity index (χ1n) is 4.64. The van der Waals surface area contributed by atoms with Crippen molar-refractivity contribution < 1.29 is 9.90 Å². The molecule has 0 aromatic heterocycles. The summed E-state index contributed by atoms with van der Waals surface area (Å²) in [5.41, 5.74) is 0. The second kappa shape index (κ2) is 4.74. The van der Waals surface area contributed by atoms with Crippen molar-refractivity contribution in [3.05, 3.63) is 0 Å². The molecule has 0 atom stereocenters. The summed E-state index contributed by atoms with van der Waals surface area (Å²) in [7, 11) is 0. The van der Waals surface area contributed by atoms with E-state index >= 15 is 0 Å². The third-order valence-electron chi connectivity index (χ3n) is 2.43. The first-order valence-corrected chi connectivity index (χ1v) is 4.64. The van der Waals surface area contributed by atoms with Crippen LogP contribution in [0.1, 0.15) is 25.7 Å². The highest BCUT2D eigenvalue weighted by atomic mass is 16.3. The molecule has 0 radical (unpaired) electrons. The molecule has 1 N–H and O–H groups in total. The van der Waals surface area contributed by atoms with E-state index in [2.05, 4.69) is 6.07 Å². The Labute approximate surface area is 82.8 Å². The summed E-state index contributed by atoms with van der Waals surface area (Å²) < 4.78 is 0. The molecule has 0 bridgehead atoms. The van der Waals surface area contributed by atoms with Crippen LogP contribution in [0.5, 0.6) is 0 Å². The van der Waals surface area contributed by atoms with Crippen LogP contribution in [0.4, 0.5) is 0 Å². The van der Waals surface area contributed by atoms with Crippen LogP contribution in [0, 0.1) is 34.5 Å². The van der Waals surface area contributed by atoms with Gasteiger partial charge in [0.05, 0.1) is 30.1 Å². The number of carbonyl (C=O) groups excluding carboxylic acids is 1. The first kappa shape index (κ1) is 10.7. The lowest BCUT2D eigenvalue weighted by atomic mass is 9.84. The second-order valence-electron chi connectivity index (χ2n) is 3.72. The van der Waals surface area contributed by atoms with Crippen molar-refractivity contribution in [3.63, 3.8) is 0 Å². The Balaban J connectivity index is 0.000000140. The molecular formula is C10H12N2O2. The molecular weight excluding hydrogens is 180 g/mol. The minimum Gasteiger partial charge on any atom is -0.393 e. The molecule has 0 aliphatic heterocycles. The molecule has 2 rings (SSSR count). The average molecular weight is 192 g/mol. The Morgan fingerprint density at radius 1 is 1.14 bits per heavy atom. The number of nitrogens with zero attached hydrogens (tertiary/aromatic N) is 2. The van der Waals surface area contributed by atoms with Crippen LogP contribution in [0.2, 0.25) is 0 Å². The smallest absolute Gasteiger partial charge is 0.135 e. The van der Waals surface area contributed by atoms with E-state index in [-0.39, 0.29) is 23.7 Å². The molecule has 4 heteroatoms. The van der Waals surface area contributed by atoms with E-state index in [1.165, 1.54) is 0 Å². The molecule has 2 aliphatic rings. The van der Waals surface area contributed by atoms with Gasteiger partial charge in [0.15, 0.2) is 0 Å². The van der Waals surface area contributed by atoms with Gasteiger partial charge >= 0.3 is 0 Å². The highest BCUT2D eigenvalue weighted by Gasteiger charge is 2.26. The summed E-state index contributed by atoms with van der Waals surface area (Å²) in [6.07, 6.45) is 2.20. The molecule has 14 heavy (non-hydrogen) atoms. The molecule has 4 nitrogen and oxygen atoms in total. The summed E-state index contributed by atoms with van der Waals surface area (Å²) in [4.78, 5) is 10.1. The molecule has 74 valence electrons. The maximum absolute atomic E-state index is 10.1. The minimum atomic E-state index is -0.176. The summed E-state index contributed by atoms with van der Waals surface area (Å²) in [5, 5.41) is 24.8. The first-order chi connectivity index (χ1) is 6.65. The predicted octanol–water partition coefficient (Wildman–Crippen LogP) is 0.770. The van der Waals surface area contributed by atoms with Crippen LogP contribution >= 0.6 is 0 Å². The van der Waals surface area contributed by atoms with Gasteiger partial charge in [-0.05, 0) is 12.8 Å². The van der Waals surface area contributed by atoms with Crippen molar-refractivity contribution in [3.8, 4) is 12.1 Å². The lowest BCUT2D eigenvalue weighted by Gasteiger charge is -2.24. The molecule has 0 aromatic carbocycles. The van der Waals surface area contributed by atoms with Gasteiger partial charge in [-0.1, -0.05) is 0 Å². The molecule has 2 aliphatic carbocycles. The van der Waals surface area contributed by atoms with Crippen molar-refractivity contribution in [2.45, 2.75) is 31.8 Å². The fourth-order valence-corrected chi connectivity index (χ4v) is 1.27. The Hall–Kier alpha value is -1.39. The maximum Gasteiger partial charge on any atom is 0.135 e. The third-order valence-corrected chi connectivity index (χ3v) is 2.43. The third kappa shape index (κ3) is 2.83. The second-order valence-corrected chi connectivity index (χ2v) is 3.72. The highest BCUT2D eigenvalue weighted by molar-refractivity contribution is 5.85. The molecule has 2 saturated carbocycles. The summed E-state index contributed by atoms with van der Waals surface area (Å²) in [6.45, 7) is 0. The van der Waals surface area contributed by atoms with E-state index < -0.39 is 0 Å². The molecule has 0 aromatic rings. The SMILES string of the molecule is N#CC1CC(=O)C1.N#C[C@H]1C[C@@H](O)C1. The zero-order valence-electron chi connectivity index (χ0n) is 7.81.